The maximum Gasteiger partial charge on any atom is 0.312 e. The second kappa shape index (κ2) is 7.11. The Morgan fingerprint density at radius 2 is 2.00 bits per heavy atom. The Balaban J connectivity index is 4.01. The highest BCUT2D eigenvalue weighted by Crippen LogP contribution is 2.20. The number of aliphatic hydroxyl groups excluding tert-OH is 1. The van der Waals surface area contributed by atoms with Gasteiger partial charge in [-0.05, 0) is 25.2 Å². The number of hydrogen-bond acceptors (Lipinski definition) is 3. The number of nitrogens with one attached hydrogen (secondary N) is 2. The zero-order valence-electron chi connectivity index (χ0n) is 10.7. The Bertz CT molecular complexity index is 267. The molecule has 100 valence electrons. The molecule has 0 saturated carbocycles. The van der Waals surface area contributed by atoms with Crippen molar-refractivity contribution >= 4 is 11.9 Å². The van der Waals surface area contributed by atoms with Crippen molar-refractivity contribution in [3.63, 3.8) is 0 Å². The molecular weight excluding hydrogens is 222 g/mol. The van der Waals surface area contributed by atoms with Crippen LogP contribution < -0.4 is 16.4 Å². The minimum Gasteiger partial charge on any atom is -0.396 e. The third-order valence-corrected chi connectivity index (χ3v) is 2.50. The lowest BCUT2D eigenvalue weighted by Crippen LogP contribution is -2.48. The van der Waals surface area contributed by atoms with Crippen LogP contribution in [0.4, 0.5) is 4.79 Å². The van der Waals surface area contributed by atoms with Crippen LogP contribution in [0.1, 0.15) is 33.6 Å². The highest BCUT2D eigenvalue weighted by Gasteiger charge is 2.20. The monoisotopic (exact) mass is 245 g/mol. The summed E-state index contributed by atoms with van der Waals surface area (Å²) < 4.78 is 0. The smallest absolute Gasteiger partial charge is 0.312 e. The van der Waals surface area contributed by atoms with Gasteiger partial charge in [-0.25, -0.2) is 4.79 Å². The average Bonchev–Trinajstić information content (AvgIpc) is 2.22. The lowest BCUT2D eigenvalue weighted by molar-refractivity contribution is -0.123. The first-order valence-corrected chi connectivity index (χ1v) is 5.73. The maximum atomic E-state index is 11.6. The van der Waals surface area contributed by atoms with Gasteiger partial charge in [0.2, 0.25) is 5.91 Å². The third kappa shape index (κ3) is 7.57. The van der Waals surface area contributed by atoms with E-state index in [0.717, 1.165) is 6.42 Å². The number of nitrogens with two attached hydrogens (primary N) is 1. The normalized spacial score (nSPS) is 12.9. The molecule has 17 heavy (non-hydrogen) atoms. The maximum absolute atomic E-state index is 11.6. The van der Waals surface area contributed by atoms with Gasteiger partial charge >= 0.3 is 6.03 Å². The zero-order chi connectivity index (χ0) is 13.5. The van der Waals surface area contributed by atoms with Gasteiger partial charge in [-0.3, -0.25) is 4.79 Å². The first-order valence-electron chi connectivity index (χ1n) is 5.73. The van der Waals surface area contributed by atoms with Gasteiger partial charge in [0.25, 0.3) is 0 Å². The molecule has 0 fully saturated rings. The first kappa shape index (κ1) is 15.7. The molecule has 0 aromatic carbocycles. The van der Waals surface area contributed by atoms with E-state index in [1.807, 2.05) is 13.8 Å². The van der Waals surface area contributed by atoms with Crippen LogP contribution in [-0.2, 0) is 4.79 Å². The van der Waals surface area contributed by atoms with Crippen molar-refractivity contribution in [3.8, 4) is 0 Å². The topological polar surface area (TPSA) is 104 Å². The Labute approximate surface area is 102 Å². The highest BCUT2D eigenvalue weighted by atomic mass is 16.3. The molecule has 5 N–H and O–H groups in total. The Kier molecular flexibility index (Phi) is 6.57. The number of carbonyl (C=O) groups excluding carboxylic acids is 2. The fourth-order valence-corrected chi connectivity index (χ4v) is 1.40. The molecule has 0 aromatic heterocycles. The number of hydrogen-bond donors (Lipinski definition) is 4. The van der Waals surface area contributed by atoms with Gasteiger partial charge in [0.05, 0.1) is 0 Å². The number of rotatable bonds is 7. The van der Waals surface area contributed by atoms with E-state index >= 15 is 0 Å². The van der Waals surface area contributed by atoms with Crippen LogP contribution in [0.2, 0.25) is 0 Å². The molecule has 0 saturated heterocycles. The van der Waals surface area contributed by atoms with Crippen molar-refractivity contribution in [3.05, 3.63) is 0 Å². The summed E-state index contributed by atoms with van der Waals surface area (Å²) >= 11 is 0. The standard InChI is InChI=1S/C11H23N3O3/c1-8(14-10(12)17)9(16)13-7-11(2,3)5-4-6-15/h8,15H,4-7H2,1-3H3,(H,13,16)(H3,12,14,17). The Hall–Kier alpha value is -1.30. The molecule has 0 aromatic rings. The van der Waals surface area contributed by atoms with Gasteiger partial charge in [-0.1, -0.05) is 13.8 Å². The first-order chi connectivity index (χ1) is 7.78. The molecular formula is C11H23N3O3. The van der Waals surface area contributed by atoms with Gasteiger partial charge in [-0.15, -0.1) is 0 Å². The summed E-state index contributed by atoms with van der Waals surface area (Å²) in [7, 11) is 0. The second-order valence-corrected chi connectivity index (χ2v) is 4.94. The predicted octanol–water partition coefficient (Wildman–Crippen LogP) is -0.0419. The highest BCUT2D eigenvalue weighted by molar-refractivity contribution is 5.86. The quantitative estimate of drug-likeness (QED) is 0.505. The van der Waals surface area contributed by atoms with E-state index in [4.69, 9.17) is 10.8 Å². The van der Waals surface area contributed by atoms with E-state index in [9.17, 15) is 9.59 Å². The minimum atomic E-state index is -0.716. The molecule has 6 nitrogen and oxygen atoms in total. The summed E-state index contributed by atoms with van der Waals surface area (Å²) in [6, 6.07) is -1.35. The predicted molar refractivity (Wildman–Crippen MR) is 65.3 cm³/mol. The van der Waals surface area contributed by atoms with E-state index in [-0.39, 0.29) is 17.9 Å². The van der Waals surface area contributed by atoms with Crippen LogP contribution in [0.15, 0.2) is 0 Å². The van der Waals surface area contributed by atoms with Crippen molar-refractivity contribution in [2.45, 2.75) is 39.7 Å². The second-order valence-electron chi connectivity index (χ2n) is 4.94. The molecule has 3 amide bonds. The summed E-state index contributed by atoms with van der Waals surface area (Å²) in [5.41, 5.74) is 4.84. The Morgan fingerprint density at radius 3 is 2.47 bits per heavy atom. The number of aliphatic hydroxyl groups is 1. The summed E-state index contributed by atoms with van der Waals surface area (Å²) in [5.74, 6) is -0.263. The minimum absolute atomic E-state index is 0.0785. The Morgan fingerprint density at radius 1 is 1.41 bits per heavy atom. The van der Waals surface area contributed by atoms with E-state index < -0.39 is 12.1 Å². The van der Waals surface area contributed by atoms with Crippen molar-refractivity contribution in [1.29, 1.82) is 0 Å². The molecule has 6 heteroatoms. The lowest BCUT2D eigenvalue weighted by atomic mass is 9.88. The SMILES string of the molecule is CC(NC(N)=O)C(=O)NCC(C)(C)CCCO. The molecule has 1 unspecified atom stereocenters. The molecule has 0 heterocycles. The van der Waals surface area contributed by atoms with Gasteiger partial charge in [0.15, 0.2) is 0 Å². The van der Waals surface area contributed by atoms with E-state index in [1.165, 1.54) is 0 Å². The van der Waals surface area contributed by atoms with Crippen LogP contribution >= 0.6 is 0 Å². The number of primary amides is 1. The van der Waals surface area contributed by atoms with E-state index in [2.05, 4.69) is 10.6 Å². The van der Waals surface area contributed by atoms with Gasteiger partial charge in [0.1, 0.15) is 6.04 Å². The lowest BCUT2D eigenvalue weighted by Gasteiger charge is -2.25. The summed E-state index contributed by atoms with van der Waals surface area (Å²) in [5, 5.41) is 13.8. The number of urea groups is 1. The number of carbonyl (C=O) groups is 2. The largest absolute Gasteiger partial charge is 0.396 e. The molecule has 0 radical (unpaired) electrons. The molecule has 0 aliphatic carbocycles. The van der Waals surface area contributed by atoms with Gasteiger partial charge < -0.3 is 21.5 Å². The van der Waals surface area contributed by atoms with Crippen LogP contribution in [0.25, 0.3) is 0 Å². The van der Waals surface area contributed by atoms with Gasteiger partial charge in [0, 0.05) is 13.2 Å². The average molecular weight is 245 g/mol. The van der Waals surface area contributed by atoms with Gasteiger partial charge in [-0.2, -0.15) is 0 Å². The van der Waals surface area contributed by atoms with Crippen LogP contribution in [0.5, 0.6) is 0 Å². The van der Waals surface area contributed by atoms with Crippen molar-refractivity contribution in [2.24, 2.45) is 11.1 Å². The number of amides is 3. The fraction of sp³-hybridized carbons (Fsp3) is 0.818. The molecule has 0 rings (SSSR count). The molecule has 0 aliphatic heterocycles. The van der Waals surface area contributed by atoms with Crippen LogP contribution in [-0.4, -0.2) is 36.2 Å². The van der Waals surface area contributed by atoms with Crippen LogP contribution in [0.3, 0.4) is 0 Å². The molecule has 0 aliphatic rings. The molecule has 0 bridgehead atoms. The third-order valence-electron chi connectivity index (χ3n) is 2.50. The van der Waals surface area contributed by atoms with E-state index in [0.29, 0.717) is 13.0 Å². The molecule has 1 atom stereocenters. The molecule has 0 spiro atoms. The van der Waals surface area contributed by atoms with Crippen LogP contribution in [0, 0.1) is 5.41 Å². The fourth-order valence-electron chi connectivity index (χ4n) is 1.40. The van der Waals surface area contributed by atoms with Crippen molar-refractivity contribution < 1.29 is 14.7 Å². The summed E-state index contributed by atoms with van der Waals surface area (Å²) in [4.78, 5) is 22.1. The zero-order valence-corrected chi connectivity index (χ0v) is 10.7. The summed E-state index contributed by atoms with van der Waals surface area (Å²) in [6.45, 7) is 6.23. The van der Waals surface area contributed by atoms with Crippen molar-refractivity contribution in [2.75, 3.05) is 13.2 Å². The summed E-state index contributed by atoms with van der Waals surface area (Å²) in [6.07, 6.45) is 1.53. The van der Waals surface area contributed by atoms with E-state index in [1.54, 1.807) is 6.92 Å². The van der Waals surface area contributed by atoms with Crippen molar-refractivity contribution in [1.82, 2.24) is 10.6 Å².